The lowest BCUT2D eigenvalue weighted by Crippen LogP contribution is -2.32. The Labute approximate surface area is 101 Å². The Kier molecular flexibility index (Phi) is 4.71. The van der Waals surface area contributed by atoms with Crippen LogP contribution in [-0.4, -0.2) is 6.54 Å². The Morgan fingerprint density at radius 3 is 2.50 bits per heavy atom. The summed E-state index contributed by atoms with van der Waals surface area (Å²) in [6.07, 6.45) is 0. The van der Waals surface area contributed by atoms with Gasteiger partial charge in [-0.1, -0.05) is 25.4 Å². The van der Waals surface area contributed by atoms with Gasteiger partial charge in [0.25, 0.3) is 0 Å². The van der Waals surface area contributed by atoms with E-state index < -0.39 is 6.04 Å². The first-order chi connectivity index (χ1) is 7.47. The summed E-state index contributed by atoms with van der Waals surface area (Å²) in [5, 5.41) is 0.492. The molecule has 4 heteroatoms. The SMILES string of the molecule is CC(C)C(CN)C(N)c1cc(Cl)ccc1F. The largest absolute Gasteiger partial charge is 0.330 e. The summed E-state index contributed by atoms with van der Waals surface area (Å²) >= 11 is 5.83. The maximum absolute atomic E-state index is 13.6. The van der Waals surface area contributed by atoms with Crippen molar-refractivity contribution < 1.29 is 4.39 Å². The minimum absolute atomic E-state index is 0.0490. The molecule has 16 heavy (non-hydrogen) atoms. The predicted octanol–water partition coefficient (Wildman–Crippen LogP) is 2.71. The van der Waals surface area contributed by atoms with E-state index in [-0.39, 0.29) is 11.7 Å². The fraction of sp³-hybridized carbons (Fsp3) is 0.500. The zero-order chi connectivity index (χ0) is 12.3. The molecule has 2 unspecified atom stereocenters. The molecule has 0 saturated heterocycles. The van der Waals surface area contributed by atoms with Crippen molar-refractivity contribution in [3.8, 4) is 0 Å². The van der Waals surface area contributed by atoms with Crippen LogP contribution in [-0.2, 0) is 0 Å². The molecule has 2 nitrogen and oxygen atoms in total. The molecule has 0 aliphatic carbocycles. The fourth-order valence-electron chi connectivity index (χ4n) is 1.83. The molecule has 1 aromatic rings. The number of halogens is 2. The minimum atomic E-state index is -0.413. The van der Waals surface area contributed by atoms with Gasteiger partial charge in [-0.3, -0.25) is 0 Å². The van der Waals surface area contributed by atoms with Crippen molar-refractivity contribution in [1.29, 1.82) is 0 Å². The molecule has 0 aliphatic rings. The Balaban J connectivity index is 3.02. The Morgan fingerprint density at radius 2 is 2.00 bits per heavy atom. The maximum atomic E-state index is 13.6. The van der Waals surface area contributed by atoms with Gasteiger partial charge in [0, 0.05) is 16.6 Å². The van der Waals surface area contributed by atoms with Crippen LogP contribution in [0.5, 0.6) is 0 Å². The van der Waals surface area contributed by atoms with Crippen LogP contribution in [0.3, 0.4) is 0 Å². The van der Waals surface area contributed by atoms with Gasteiger partial charge in [-0.25, -0.2) is 4.39 Å². The molecule has 0 amide bonds. The summed E-state index contributed by atoms with van der Waals surface area (Å²) in [6, 6.07) is 4.02. The van der Waals surface area contributed by atoms with Crippen molar-refractivity contribution >= 4 is 11.6 Å². The van der Waals surface area contributed by atoms with Crippen LogP contribution < -0.4 is 11.5 Å². The highest BCUT2D eigenvalue weighted by Crippen LogP contribution is 2.28. The predicted molar refractivity (Wildman–Crippen MR) is 65.7 cm³/mol. The van der Waals surface area contributed by atoms with Crippen molar-refractivity contribution in [2.75, 3.05) is 6.54 Å². The van der Waals surface area contributed by atoms with E-state index in [1.807, 2.05) is 13.8 Å². The highest BCUT2D eigenvalue weighted by Gasteiger charge is 2.23. The topological polar surface area (TPSA) is 52.0 Å². The van der Waals surface area contributed by atoms with E-state index in [1.54, 1.807) is 6.07 Å². The standard InChI is InChI=1S/C12H18ClFN2/c1-7(2)10(6-15)12(16)9-5-8(13)3-4-11(9)14/h3-5,7,10,12H,6,15-16H2,1-2H3. The zero-order valence-electron chi connectivity index (χ0n) is 9.58. The lowest BCUT2D eigenvalue weighted by molar-refractivity contribution is 0.325. The van der Waals surface area contributed by atoms with E-state index in [9.17, 15) is 4.39 Å². The molecule has 0 heterocycles. The number of benzene rings is 1. The third-order valence-corrected chi connectivity index (χ3v) is 3.14. The monoisotopic (exact) mass is 244 g/mol. The molecule has 90 valence electrons. The average molecular weight is 245 g/mol. The summed E-state index contributed by atoms with van der Waals surface area (Å²) < 4.78 is 13.6. The van der Waals surface area contributed by atoms with E-state index in [2.05, 4.69) is 0 Å². The molecule has 1 aromatic carbocycles. The van der Waals surface area contributed by atoms with Crippen molar-refractivity contribution in [1.82, 2.24) is 0 Å². The third-order valence-electron chi connectivity index (χ3n) is 2.91. The normalized spacial score (nSPS) is 15.2. The van der Waals surface area contributed by atoms with Gasteiger partial charge in [-0.2, -0.15) is 0 Å². The Hall–Kier alpha value is -0.640. The number of rotatable bonds is 4. The molecule has 0 aliphatic heterocycles. The minimum Gasteiger partial charge on any atom is -0.330 e. The fourth-order valence-corrected chi connectivity index (χ4v) is 2.01. The van der Waals surface area contributed by atoms with Crippen LogP contribution in [0.2, 0.25) is 5.02 Å². The van der Waals surface area contributed by atoms with Crippen LogP contribution in [0.4, 0.5) is 4.39 Å². The van der Waals surface area contributed by atoms with E-state index >= 15 is 0 Å². The summed E-state index contributed by atoms with van der Waals surface area (Å²) in [5.41, 5.74) is 12.1. The number of nitrogens with two attached hydrogens (primary N) is 2. The smallest absolute Gasteiger partial charge is 0.128 e. The highest BCUT2D eigenvalue weighted by atomic mass is 35.5. The second-order valence-corrected chi connectivity index (χ2v) is 4.77. The Morgan fingerprint density at radius 1 is 1.38 bits per heavy atom. The van der Waals surface area contributed by atoms with Gasteiger partial charge in [0.1, 0.15) is 5.82 Å². The summed E-state index contributed by atoms with van der Waals surface area (Å²) in [7, 11) is 0. The summed E-state index contributed by atoms with van der Waals surface area (Å²) in [6.45, 7) is 4.49. The van der Waals surface area contributed by atoms with Crippen molar-refractivity contribution in [3.63, 3.8) is 0 Å². The van der Waals surface area contributed by atoms with Crippen LogP contribution in [0, 0.1) is 17.7 Å². The second-order valence-electron chi connectivity index (χ2n) is 4.34. The molecule has 0 saturated carbocycles. The van der Waals surface area contributed by atoms with Gasteiger partial charge in [-0.05, 0) is 36.6 Å². The zero-order valence-corrected chi connectivity index (χ0v) is 10.3. The van der Waals surface area contributed by atoms with Crippen LogP contribution in [0.1, 0.15) is 25.5 Å². The van der Waals surface area contributed by atoms with Gasteiger partial charge in [0.05, 0.1) is 0 Å². The van der Waals surface area contributed by atoms with E-state index in [4.69, 9.17) is 23.1 Å². The lowest BCUT2D eigenvalue weighted by atomic mass is 9.85. The molecular weight excluding hydrogens is 227 g/mol. The van der Waals surface area contributed by atoms with Crippen molar-refractivity contribution in [2.45, 2.75) is 19.9 Å². The molecule has 0 radical (unpaired) electrons. The average Bonchev–Trinajstić information content (AvgIpc) is 2.22. The first-order valence-corrected chi connectivity index (χ1v) is 5.75. The van der Waals surface area contributed by atoms with Gasteiger partial charge < -0.3 is 11.5 Å². The Bertz CT molecular complexity index is 355. The highest BCUT2D eigenvalue weighted by molar-refractivity contribution is 6.30. The van der Waals surface area contributed by atoms with E-state index in [0.717, 1.165) is 0 Å². The lowest BCUT2D eigenvalue weighted by Gasteiger charge is -2.26. The summed E-state index contributed by atoms with van der Waals surface area (Å²) in [5.74, 6) is 0.0300. The van der Waals surface area contributed by atoms with E-state index in [0.29, 0.717) is 23.0 Å². The number of hydrogen-bond acceptors (Lipinski definition) is 2. The van der Waals surface area contributed by atoms with Gasteiger partial charge in [-0.15, -0.1) is 0 Å². The van der Waals surface area contributed by atoms with Crippen LogP contribution in [0.25, 0.3) is 0 Å². The van der Waals surface area contributed by atoms with Gasteiger partial charge in [0.15, 0.2) is 0 Å². The molecule has 1 rings (SSSR count). The molecule has 0 spiro atoms. The molecule has 0 aromatic heterocycles. The number of hydrogen-bond donors (Lipinski definition) is 2. The van der Waals surface area contributed by atoms with Gasteiger partial charge in [0.2, 0.25) is 0 Å². The molecule has 2 atom stereocenters. The van der Waals surface area contributed by atoms with Crippen LogP contribution in [0.15, 0.2) is 18.2 Å². The van der Waals surface area contributed by atoms with Crippen molar-refractivity contribution in [2.24, 2.45) is 23.3 Å². The second kappa shape index (κ2) is 5.62. The third kappa shape index (κ3) is 2.94. The van der Waals surface area contributed by atoms with Crippen molar-refractivity contribution in [3.05, 3.63) is 34.6 Å². The van der Waals surface area contributed by atoms with Crippen LogP contribution >= 0.6 is 11.6 Å². The molecule has 0 bridgehead atoms. The molecular formula is C12H18ClFN2. The first-order valence-electron chi connectivity index (χ1n) is 5.38. The molecule has 4 N–H and O–H groups in total. The molecule has 0 fully saturated rings. The first kappa shape index (κ1) is 13.4. The maximum Gasteiger partial charge on any atom is 0.128 e. The van der Waals surface area contributed by atoms with E-state index in [1.165, 1.54) is 12.1 Å². The summed E-state index contributed by atoms with van der Waals surface area (Å²) in [4.78, 5) is 0. The van der Waals surface area contributed by atoms with Gasteiger partial charge >= 0.3 is 0 Å². The quantitative estimate of drug-likeness (QED) is 0.856.